The fourth-order valence-electron chi connectivity index (χ4n) is 2.55. The van der Waals surface area contributed by atoms with Crippen LogP contribution in [0.15, 0.2) is 79.8 Å². The number of carbonyl (C=O) groups is 1. The van der Waals surface area contributed by atoms with Gasteiger partial charge in [0.1, 0.15) is 12.1 Å². The molecule has 3 aromatic heterocycles. The third kappa shape index (κ3) is 3.36. The molecule has 0 aliphatic heterocycles. The highest BCUT2D eigenvalue weighted by Gasteiger charge is 2.09. The molecule has 7 nitrogen and oxygen atoms in total. The maximum absolute atomic E-state index is 12.4. The molecule has 3 heterocycles. The Labute approximate surface area is 150 Å². The second-order valence-electron chi connectivity index (χ2n) is 5.68. The number of nitrogens with one attached hydrogen (secondary N) is 1. The van der Waals surface area contributed by atoms with Crippen molar-refractivity contribution in [1.29, 1.82) is 0 Å². The van der Waals surface area contributed by atoms with Crippen LogP contribution in [0.4, 0.5) is 0 Å². The van der Waals surface area contributed by atoms with Crippen LogP contribution in [0.2, 0.25) is 0 Å². The largest absolute Gasteiger partial charge is 0.348 e. The fraction of sp³-hybridized carbons (Fsp3) is 0.0526. The highest BCUT2D eigenvalue weighted by Crippen LogP contribution is 2.09. The summed E-state index contributed by atoms with van der Waals surface area (Å²) >= 11 is 0. The summed E-state index contributed by atoms with van der Waals surface area (Å²) in [4.78, 5) is 20.7. The molecule has 1 aromatic carbocycles. The van der Waals surface area contributed by atoms with E-state index in [0.717, 1.165) is 17.1 Å². The van der Waals surface area contributed by atoms with Gasteiger partial charge in [0.2, 0.25) is 0 Å². The van der Waals surface area contributed by atoms with Crippen molar-refractivity contribution in [3.8, 4) is 11.5 Å². The van der Waals surface area contributed by atoms with Crippen LogP contribution < -0.4 is 5.32 Å². The number of para-hydroxylation sites is 1. The van der Waals surface area contributed by atoms with Gasteiger partial charge in [-0.2, -0.15) is 5.10 Å². The predicted molar refractivity (Wildman–Crippen MR) is 96.1 cm³/mol. The van der Waals surface area contributed by atoms with Crippen LogP contribution in [0.3, 0.4) is 0 Å². The number of carbonyl (C=O) groups excluding carboxylic acids is 1. The molecule has 0 saturated heterocycles. The summed E-state index contributed by atoms with van der Waals surface area (Å²) in [5.41, 5.74) is 2.37. The van der Waals surface area contributed by atoms with Crippen molar-refractivity contribution in [2.75, 3.05) is 0 Å². The molecule has 1 amide bonds. The number of pyridine rings is 1. The first kappa shape index (κ1) is 15.8. The lowest BCUT2D eigenvalue weighted by atomic mass is 10.2. The topological polar surface area (TPSA) is 77.6 Å². The zero-order valence-corrected chi connectivity index (χ0v) is 13.9. The average Bonchev–Trinajstić information content (AvgIpc) is 3.39. The van der Waals surface area contributed by atoms with Crippen LogP contribution in [-0.2, 0) is 6.54 Å². The Morgan fingerprint density at radius 3 is 2.81 bits per heavy atom. The van der Waals surface area contributed by atoms with Gasteiger partial charge in [-0.1, -0.05) is 18.2 Å². The van der Waals surface area contributed by atoms with Crippen LogP contribution >= 0.6 is 0 Å². The lowest BCUT2D eigenvalue weighted by molar-refractivity contribution is 0.0951. The van der Waals surface area contributed by atoms with Crippen molar-refractivity contribution in [2.45, 2.75) is 6.54 Å². The van der Waals surface area contributed by atoms with Crippen LogP contribution in [0.5, 0.6) is 0 Å². The summed E-state index contributed by atoms with van der Waals surface area (Å²) in [7, 11) is 0. The van der Waals surface area contributed by atoms with E-state index < -0.39 is 0 Å². The predicted octanol–water partition coefficient (Wildman–Crippen LogP) is 2.38. The van der Waals surface area contributed by atoms with E-state index in [0.29, 0.717) is 12.1 Å². The van der Waals surface area contributed by atoms with Gasteiger partial charge in [-0.25, -0.2) is 14.6 Å². The van der Waals surface area contributed by atoms with Gasteiger partial charge in [-0.05, 0) is 29.8 Å². The van der Waals surface area contributed by atoms with Crippen molar-refractivity contribution in [1.82, 2.24) is 29.6 Å². The number of hydrogen-bond acceptors (Lipinski definition) is 4. The number of amides is 1. The van der Waals surface area contributed by atoms with Gasteiger partial charge in [-0.3, -0.25) is 9.36 Å². The molecule has 1 N–H and O–H groups in total. The molecule has 0 aliphatic rings. The minimum absolute atomic E-state index is 0.173. The van der Waals surface area contributed by atoms with Gasteiger partial charge in [0.15, 0.2) is 0 Å². The van der Waals surface area contributed by atoms with E-state index in [1.165, 1.54) is 0 Å². The minimum Gasteiger partial charge on any atom is -0.348 e. The van der Waals surface area contributed by atoms with E-state index in [4.69, 9.17) is 0 Å². The Hall–Kier alpha value is -3.74. The van der Waals surface area contributed by atoms with Crippen LogP contribution in [-0.4, -0.2) is 30.2 Å². The van der Waals surface area contributed by atoms with Gasteiger partial charge in [0.05, 0.1) is 17.4 Å². The zero-order chi connectivity index (χ0) is 17.8. The molecule has 0 unspecified atom stereocenters. The third-order valence-electron chi connectivity index (χ3n) is 3.90. The second kappa shape index (κ2) is 7.02. The van der Waals surface area contributed by atoms with E-state index in [9.17, 15) is 4.79 Å². The van der Waals surface area contributed by atoms with Gasteiger partial charge < -0.3 is 5.32 Å². The summed E-state index contributed by atoms with van der Waals surface area (Å²) in [5.74, 6) is 0.583. The monoisotopic (exact) mass is 344 g/mol. The molecule has 26 heavy (non-hydrogen) atoms. The van der Waals surface area contributed by atoms with Crippen molar-refractivity contribution in [3.63, 3.8) is 0 Å². The molecule has 4 aromatic rings. The van der Waals surface area contributed by atoms with E-state index in [1.807, 2.05) is 53.2 Å². The van der Waals surface area contributed by atoms with Crippen molar-refractivity contribution in [2.24, 2.45) is 0 Å². The molecule has 0 bridgehead atoms. The normalized spacial score (nSPS) is 10.6. The van der Waals surface area contributed by atoms with Crippen LogP contribution in [0.1, 0.15) is 15.9 Å². The van der Waals surface area contributed by atoms with Gasteiger partial charge >= 0.3 is 0 Å². The molecule has 0 radical (unpaired) electrons. The Bertz CT molecular complexity index is 1010. The van der Waals surface area contributed by atoms with Crippen molar-refractivity contribution in [3.05, 3.63) is 90.9 Å². The molecule has 0 saturated carbocycles. The molecule has 0 fully saturated rings. The van der Waals surface area contributed by atoms with Gasteiger partial charge in [0, 0.05) is 31.3 Å². The number of rotatable bonds is 5. The Balaban J connectivity index is 1.43. The minimum atomic E-state index is -0.173. The first-order valence-corrected chi connectivity index (χ1v) is 8.11. The van der Waals surface area contributed by atoms with Crippen LogP contribution in [0.25, 0.3) is 11.5 Å². The van der Waals surface area contributed by atoms with E-state index in [-0.39, 0.29) is 5.91 Å². The molecular formula is C19H16N6O. The maximum atomic E-state index is 12.4. The number of nitrogens with zero attached hydrogens (tertiary/aromatic N) is 5. The average molecular weight is 344 g/mol. The third-order valence-corrected chi connectivity index (χ3v) is 3.90. The standard InChI is InChI=1S/C19H16N6O/c26-19(16-12-23-25(13-16)17-4-2-1-3-5-17)22-11-15-6-7-21-18(10-15)24-9-8-20-14-24/h1-10,12-14H,11H2,(H,22,26). The van der Waals surface area contributed by atoms with Gasteiger partial charge in [0.25, 0.3) is 5.91 Å². The number of hydrogen-bond donors (Lipinski definition) is 1. The number of aromatic nitrogens is 5. The smallest absolute Gasteiger partial charge is 0.254 e. The molecule has 7 heteroatoms. The zero-order valence-electron chi connectivity index (χ0n) is 13.9. The number of imidazole rings is 1. The molecule has 0 spiro atoms. The summed E-state index contributed by atoms with van der Waals surface area (Å²) in [6.45, 7) is 0.402. The van der Waals surface area contributed by atoms with Crippen molar-refractivity contribution < 1.29 is 4.79 Å². The highest BCUT2D eigenvalue weighted by atomic mass is 16.1. The first-order valence-electron chi connectivity index (χ1n) is 8.11. The van der Waals surface area contributed by atoms with Crippen molar-refractivity contribution >= 4 is 5.91 Å². The first-order chi connectivity index (χ1) is 12.8. The van der Waals surface area contributed by atoms with Crippen LogP contribution in [0, 0.1) is 0 Å². The maximum Gasteiger partial charge on any atom is 0.254 e. The Morgan fingerprint density at radius 1 is 1.12 bits per heavy atom. The fourth-order valence-corrected chi connectivity index (χ4v) is 2.55. The van der Waals surface area contributed by atoms with E-state index >= 15 is 0 Å². The summed E-state index contributed by atoms with van der Waals surface area (Å²) in [6.07, 6.45) is 10.2. The summed E-state index contributed by atoms with van der Waals surface area (Å²) < 4.78 is 3.49. The SMILES string of the molecule is O=C(NCc1ccnc(-n2ccnc2)c1)c1cnn(-c2ccccc2)c1. The Kier molecular flexibility index (Phi) is 4.26. The Morgan fingerprint density at radius 2 is 2.00 bits per heavy atom. The molecule has 0 aliphatic carbocycles. The molecular weight excluding hydrogens is 328 g/mol. The summed E-state index contributed by atoms with van der Waals surface area (Å²) in [5, 5.41) is 7.15. The van der Waals surface area contributed by atoms with E-state index in [2.05, 4.69) is 20.4 Å². The van der Waals surface area contributed by atoms with E-state index in [1.54, 1.807) is 35.8 Å². The quantitative estimate of drug-likeness (QED) is 0.603. The lowest BCUT2D eigenvalue weighted by Crippen LogP contribution is -2.22. The summed E-state index contributed by atoms with van der Waals surface area (Å²) in [6, 6.07) is 13.4. The number of benzene rings is 1. The molecule has 4 rings (SSSR count). The lowest BCUT2D eigenvalue weighted by Gasteiger charge is -2.06. The van der Waals surface area contributed by atoms with Gasteiger partial charge in [-0.15, -0.1) is 0 Å². The highest BCUT2D eigenvalue weighted by molar-refractivity contribution is 5.93. The molecule has 128 valence electrons. The second-order valence-corrected chi connectivity index (χ2v) is 5.68. The molecule has 0 atom stereocenters.